The molecule has 4 aromatic rings. The van der Waals surface area contributed by atoms with Gasteiger partial charge in [0, 0.05) is 18.5 Å². The topological polar surface area (TPSA) is 77.2 Å². The third kappa shape index (κ3) is 3.73. The van der Waals surface area contributed by atoms with Gasteiger partial charge in [0.15, 0.2) is 11.6 Å². The second-order valence-corrected chi connectivity index (χ2v) is 7.64. The van der Waals surface area contributed by atoms with Crippen molar-refractivity contribution in [1.29, 1.82) is 0 Å². The first-order valence-electron chi connectivity index (χ1n) is 9.14. The van der Waals surface area contributed by atoms with E-state index in [0.717, 1.165) is 17.3 Å². The molecule has 0 radical (unpaired) electrons. The van der Waals surface area contributed by atoms with Gasteiger partial charge in [-0.2, -0.15) is 0 Å². The van der Waals surface area contributed by atoms with Crippen LogP contribution in [0.25, 0.3) is 17.0 Å². The fourth-order valence-electron chi connectivity index (χ4n) is 2.87. The van der Waals surface area contributed by atoms with Crippen LogP contribution >= 0.6 is 0 Å². The molecule has 0 aliphatic heterocycles. The molecule has 4 rings (SSSR count). The van der Waals surface area contributed by atoms with E-state index in [2.05, 4.69) is 46.1 Å². The molecule has 4 aromatic heterocycles. The second kappa shape index (κ2) is 7.12. The zero-order valence-electron chi connectivity index (χ0n) is 16.6. The summed E-state index contributed by atoms with van der Waals surface area (Å²) in [7, 11) is 1.55. The summed E-state index contributed by atoms with van der Waals surface area (Å²) in [6.07, 6.45) is 4.63. The van der Waals surface area contributed by atoms with Gasteiger partial charge < -0.3 is 10.1 Å². The fourth-order valence-corrected chi connectivity index (χ4v) is 2.87. The van der Waals surface area contributed by atoms with E-state index in [1.807, 2.05) is 18.3 Å². The number of ether oxygens (including phenoxy) is 1. The minimum absolute atomic E-state index is 0.0821. The molecule has 0 atom stereocenters. The SMILES string of the molecule is COc1cccc(-c2nc(Nc3ccncc3F)c3cc(C(C)(C)C)cn3n2)n1. The van der Waals surface area contributed by atoms with Gasteiger partial charge in [0.25, 0.3) is 0 Å². The van der Waals surface area contributed by atoms with E-state index in [1.54, 1.807) is 29.8 Å². The number of anilines is 2. The molecule has 0 saturated heterocycles. The van der Waals surface area contributed by atoms with Gasteiger partial charge >= 0.3 is 0 Å². The number of halogens is 1. The van der Waals surface area contributed by atoms with Crippen LogP contribution in [0.1, 0.15) is 26.3 Å². The Morgan fingerprint density at radius 3 is 2.69 bits per heavy atom. The Labute approximate surface area is 167 Å². The van der Waals surface area contributed by atoms with Crippen molar-refractivity contribution >= 4 is 17.0 Å². The first kappa shape index (κ1) is 18.8. The molecule has 0 fully saturated rings. The van der Waals surface area contributed by atoms with Crippen molar-refractivity contribution in [3.8, 4) is 17.4 Å². The number of hydrogen-bond acceptors (Lipinski definition) is 6. The van der Waals surface area contributed by atoms with Gasteiger partial charge in [0.05, 0.1) is 19.0 Å². The highest BCUT2D eigenvalue weighted by molar-refractivity contribution is 5.76. The molecule has 0 spiro atoms. The number of fused-ring (bicyclic) bond motifs is 1. The maximum atomic E-state index is 14.2. The zero-order chi connectivity index (χ0) is 20.6. The lowest BCUT2D eigenvalue weighted by Gasteiger charge is -2.15. The molecule has 0 aromatic carbocycles. The number of pyridine rings is 2. The van der Waals surface area contributed by atoms with Crippen molar-refractivity contribution in [2.45, 2.75) is 26.2 Å². The molecule has 0 saturated carbocycles. The van der Waals surface area contributed by atoms with Gasteiger partial charge in [0.2, 0.25) is 11.7 Å². The van der Waals surface area contributed by atoms with E-state index >= 15 is 0 Å². The molecule has 0 aliphatic carbocycles. The van der Waals surface area contributed by atoms with Crippen molar-refractivity contribution in [3.05, 3.63) is 60.3 Å². The molecule has 0 unspecified atom stereocenters. The van der Waals surface area contributed by atoms with Crippen LogP contribution in [0.15, 0.2) is 48.9 Å². The van der Waals surface area contributed by atoms with Crippen LogP contribution in [0.3, 0.4) is 0 Å². The highest BCUT2D eigenvalue weighted by Crippen LogP contribution is 2.30. The first-order valence-corrected chi connectivity index (χ1v) is 9.14. The van der Waals surface area contributed by atoms with Crippen LogP contribution in [0.2, 0.25) is 0 Å². The molecule has 8 heteroatoms. The van der Waals surface area contributed by atoms with Crippen molar-refractivity contribution in [2.24, 2.45) is 0 Å². The Kier molecular flexibility index (Phi) is 4.62. The molecule has 0 amide bonds. The Bertz CT molecular complexity index is 1180. The second-order valence-electron chi connectivity index (χ2n) is 7.64. The van der Waals surface area contributed by atoms with Crippen LogP contribution in [-0.4, -0.2) is 31.7 Å². The van der Waals surface area contributed by atoms with Crippen molar-refractivity contribution in [3.63, 3.8) is 0 Å². The van der Waals surface area contributed by atoms with Crippen molar-refractivity contribution in [1.82, 2.24) is 24.6 Å². The summed E-state index contributed by atoms with van der Waals surface area (Å²) in [5.74, 6) is 0.862. The lowest BCUT2D eigenvalue weighted by Crippen LogP contribution is -2.09. The monoisotopic (exact) mass is 392 g/mol. The first-order chi connectivity index (χ1) is 13.8. The normalized spacial score (nSPS) is 11.6. The van der Waals surface area contributed by atoms with Gasteiger partial charge in [-0.3, -0.25) is 4.98 Å². The number of hydrogen-bond donors (Lipinski definition) is 1. The minimum atomic E-state index is -0.465. The number of nitrogens with zero attached hydrogens (tertiary/aromatic N) is 5. The molecule has 29 heavy (non-hydrogen) atoms. The fraction of sp³-hybridized carbons (Fsp3) is 0.238. The zero-order valence-corrected chi connectivity index (χ0v) is 16.6. The number of methoxy groups -OCH3 is 1. The number of aromatic nitrogens is 5. The third-order valence-corrected chi connectivity index (χ3v) is 4.52. The number of rotatable bonds is 4. The van der Waals surface area contributed by atoms with Crippen LogP contribution in [-0.2, 0) is 5.41 Å². The molecule has 7 nitrogen and oxygen atoms in total. The van der Waals surface area contributed by atoms with Crippen LogP contribution in [0.4, 0.5) is 15.9 Å². The van der Waals surface area contributed by atoms with E-state index in [0.29, 0.717) is 23.2 Å². The Morgan fingerprint density at radius 1 is 1.14 bits per heavy atom. The van der Waals surface area contributed by atoms with E-state index in [-0.39, 0.29) is 11.1 Å². The summed E-state index contributed by atoms with van der Waals surface area (Å²) < 4.78 is 21.1. The van der Waals surface area contributed by atoms with E-state index < -0.39 is 5.82 Å². The highest BCUT2D eigenvalue weighted by Gasteiger charge is 2.20. The lowest BCUT2D eigenvalue weighted by molar-refractivity contribution is 0.398. The van der Waals surface area contributed by atoms with E-state index in [4.69, 9.17) is 4.74 Å². The summed E-state index contributed by atoms with van der Waals surface area (Å²) >= 11 is 0. The quantitative estimate of drug-likeness (QED) is 0.556. The predicted molar refractivity (Wildman–Crippen MR) is 109 cm³/mol. The minimum Gasteiger partial charge on any atom is -0.481 e. The molecular formula is C21H21FN6O. The predicted octanol–water partition coefficient (Wildman–Crippen LogP) is 4.38. The van der Waals surface area contributed by atoms with Gasteiger partial charge in [-0.25, -0.2) is 18.9 Å². The van der Waals surface area contributed by atoms with Crippen LogP contribution in [0, 0.1) is 5.82 Å². The highest BCUT2D eigenvalue weighted by atomic mass is 19.1. The standard InChI is InChI=1S/C21H21FN6O/c1-21(2,3)13-10-17-20(25-15-8-9-23-11-14(15)22)26-19(27-28(17)12-13)16-6-5-7-18(24-16)29-4/h5-12H,1-4H3,(H,23,25,26,27). The summed E-state index contributed by atoms with van der Waals surface area (Å²) in [5.41, 5.74) is 2.57. The Hall–Kier alpha value is -3.55. The maximum Gasteiger partial charge on any atom is 0.213 e. The lowest BCUT2D eigenvalue weighted by atomic mass is 9.89. The van der Waals surface area contributed by atoms with Crippen LogP contribution < -0.4 is 10.1 Å². The third-order valence-electron chi connectivity index (χ3n) is 4.52. The molecule has 1 N–H and O–H groups in total. The Balaban J connectivity index is 1.90. The summed E-state index contributed by atoms with van der Waals surface area (Å²) in [5, 5.41) is 7.69. The van der Waals surface area contributed by atoms with Gasteiger partial charge in [0.1, 0.15) is 11.2 Å². The molecule has 0 bridgehead atoms. The van der Waals surface area contributed by atoms with E-state index in [9.17, 15) is 4.39 Å². The largest absolute Gasteiger partial charge is 0.481 e. The van der Waals surface area contributed by atoms with E-state index in [1.165, 1.54) is 6.20 Å². The maximum absolute atomic E-state index is 14.2. The van der Waals surface area contributed by atoms with Gasteiger partial charge in [-0.05, 0) is 29.2 Å². The average Bonchev–Trinajstić information content (AvgIpc) is 3.15. The average molecular weight is 392 g/mol. The van der Waals surface area contributed by atoms with Crippen LogP contribution in [0.5, 0.6) is 5.88 Å². The van der Waals surface area contributed by atoms with Gasteiger partial charge in [-0.15, -0.1) is 5.10 Å². The molecular weight excluding hydrogens is 371 g/mol. The number of nitrogens with one attached hydrogen (secondary N) is 1. The molecule has 4 heterocycles. The summed E-state index contributed by atoms with van der Waals surface area (Å²) in [6.45, 7) is 6.36. The summed E-state index contributed by atoms with van der Waals surface area (Å²) in [4.78, 5) is 12.8. The van der Waals surface area contributed by atoms with Crippen molar-refractivity contribution < 1.29 is 9.13 Å². The summed E-state index contributed by atoms with van der Waals surface area (Å²) in [6, 6.07) is 8.94. The molecule has 148 valence electrons. The van der Waals surface area contributed by atoms with Crippen molar-refractivity contribution in [2.75, 3.05) is 12.4 Å². The van der Waals surface area contributed by atoms with Gasteiger partial charge in [-0.1, -0.05) is 26.8 Å². The molecule has 0 aliphatic rings. The Morgan fingerprint density at radius 2 is 1.97 bits per heavy atom. The smallest absolute Gasteiger partial charge is 0.213 e.